The van der Waals surface area contributed by atoms with Crippen LogP contribution in [0.5, 0.6) is 11.5 Å². The van der Waals surface area contributed by atoms with Crippen LogP contribution in [0, 0.1) is 6.92 Å². The second-order valence-corrected chi connectivity index (χ2v) is 13.6. The summed E-state index contributed by atoms with van der Waals surface area (Å²) in [4.78, 5) is -1.26. The van der Waals surface area contributed by atoms with Gasteiger partial charge in [0.05, 0.1) is 4.90 Å². The molecule has 9 heteroatoms. The molecule has 7 nitrogen and oxygen atoms in total. The second-order valence-electron chi connectivity index (χ2n) is 10.8. The van der Waals surface area contributed by atoms with Crippen LogP contribution in [0.1, 0.15) is 67.3 Å². The van der Waals surface area contributed by atoms with E-state index in [1.807, 2.05) is 43.3 Å². The Kier molecular flexibility index (Phi) is 8.06. The van der Waals surface area contributed by atoms with Crippen LogP contribution in [0.4, 0.5) is 0 Å². The lowest BCUT2D eigenvalue weighted by Crippen LogP contribution is -2.27. The molecule has 0 unspecified atom stereocenters. The van der Waals surface area contributed by atoms with Gasteiger partial charge in [0.2, 0.25) is 0 Å². The third kappa shape index (κ3) is 5.49. The predicted molar refractivity (Wildman–Crippen MR) is 165 cm³/mol. The zero-order valence-corrected chi connectivity index (χ0v) is 25.5. The summed E-state index contributed by atoms with van der Waals surface area (Å²) < 4.78 is 76.1. The van der Waals surface area contributed by atoms with Crippen LogP contribution in [-0.2, 0) is 33.1 Å². The fourth-order valence-corrected chi connectivity index (χ4v) is 6.98. The summed E-state index contributed by atoms with van der Waals surface area (Å²) >= 11 is 0. The van der Waals surface area contributed by atoms with E-state index in [0.717, 1.165) is 76.9 Å². The van der Waals surface area contributed by atoms with Crippen molar-refractivity contribution in [2.45, 2.75) is 69.1 Å². The van der Waals surface area contributed by atoms with Crippen LogP contribution in [-0.4, -0.2) is 25.9 Å². The average Bonchev–Trinajstić information content (AvgIpc) is 2.93. The second kappa shape index (κ2) is 11.3. The number of benzene rings is 4. The molecule has 1 heterocycles. The van der Waals surface area contributed by atoms with Crippen molar-refractivity contribution in [1.29, 1.82) is 0 Å². The molecule has 0 aliphatic carbocycles. The van der Waals surface area contributed by atoms with Gasteiger partial charge >= 0.3 is 0 Å². The van der Waals surface area contributed by atoms with Gasteiger partial charge in [-0.25, -0.2) is 0 Å². The van der Waals surface area contributed by atoms with Gasteiger partial charge in [0.25, 0.3) is 20.2 Å². The monoisotopic (exact) mass is 606 g/mol. The van der Waals surface area contributed by atoms with Crippen LogP contribution in [0.15, 0.2) is 64.4 Å². The molecule has 0 radical (unpaired) electrons. The molecular formula is C33H34O7S2. The van der Waals surface area contributed by atoms with Crippen molar-refractivity contribution in [2.24, 2.45) is 0 Å². The number of rotatable bonds is 9. The quantitative estimate of drug-likeness (QED) is 0.195. The first kappa shape index (κ1) is 30.0. The molecule has 0 atom stereocenters. The Morgan fingerprint density at radius 3 is 2.14 bits per heavy atom. The Morgan fingerprint density at radius 1 is 0.786 bits per heavy atom. The molecule has 2 N–H and O–H groups in total. The molecule has 220 valence electrons. The zero-order valence-electron chi connectivity index (χ0n) is 23.9. The Balaban J connectivity index is 2.00. The van der Waals surface area contributed by atoms with Gasteiger partial charge in [-0.2, -0.15) is 16.8 Å². The highest BCUT2D eigenvalue weighted by Crippen LogP contribution is 2.43. The molecule has 0 aromatic heterocycles. The van der Waals surface area contributed by atoms with E-state index in [2.05, 4.69) is 20.4 Å². The fourth-order valence-electron chi connectivity index (χ4n) is 5.68. The van der Waals surface area contributed by atoms with E-state index in [-0.39, 0.29) is 5.56 Å². The number of hydrogen-bond acceptors (Lipinski definition) is 5. The number of fused-ring (bicyclic) bond motifs is 4. The summed E-state index contributed by atoms with van der Waals surface area (Å²) in [5, 5.41) is 3.30. The first-order chi connectivity index (χ1) is 19.8. The number of hydrogen-bond donors (Lipinski definition) is 2. The van der Waals surface area contributed by atoms with Crippen molar-refractivity contribution in [1.82, 2.24) is 0 Å². The van der Waals surface area contributed by atoms with E-state index >= 15 is 0 Å². The molecule has 42 heavy (non-hydrogen) atoms. The van der Waals surface area contributed by atoms with E-state index in [1.54, 1.807) is 0 Å². The molecule has 0 spiro atoms. The van der Waals surface area contributed by atoms with E-state index in [9.17, 15) is 25.9 Å². The predicted octanol–water partition coefficient (Wildman–Crippen LogP) is 6.09. The molecule has 0 bridgehead atoms. The SMILES string of the molecule is C=c1c(CCCC)cc2c(c1CCCC)Oc1c(ccc3cc(C)ccc13)C=2c1ccc(S(=O)(=O)O)cc1S(=O)(=O)O. The van der Waals surface area contributed by atoms with Gasteiger partial charge in [-0.05, 0) is 73.0 Å². The lowest BCUT2D eigenvalue weighted by Gasteiger charge is -2.26. The Hall–Kier alpha value is -3.50. The first-order valence-corrected chi connectivity index (χ1v) is 16.9. The number of ether oxygens (including phenoxy) is 1. The molecule has 0 saturated carbocycles. The molecule has 1 aliphatic rings. The van der Waals surface area contributed by atoms with Crippen molar-refractivity contribution in [2.75, 3.05) is 0 Å². The van der Waals surface area contributed by atoms with Gasteiger partial charge < -0.3 is 4.74 Å². The summed E-state index contributed by atoms with van der Waals surface area (Å²) in [5.74, 6) is 1.11. The standard InChI is InChI=1S/C33H34O7S2/c1-5-7-9-22-18-29-31(27-16-13-24(41(34,35)36)19-30(27)42(37,38)39)28-15-12-23-17-20(3)11-14-26(23)33(28)40-32(29)25(21(22)4)10-8-6-2/h11-19H,4-10H2,1-3H3,(H,34,35,36)(H,37,38,39). The van der Waals surface area contributed by atoms with E-state index in [1.165, 1.54) is 6.07 Å². The highest BCUT2D eigenvalue weighted by atomic mass is 32.2. The minimum absolute atomic E-state index is 0.0989. The molecule has 5 rings (SSSR count). The maximum Gasteiger partial charge on any atom is 0.295 e. The van der Waals surface area contributed by atoms with Crippen LogP contribution in [0.25, 0.3) is 22.9 Å². The molecular weight excluding hydrogens is 572 g/mol. The largest absolute Gasteiger partial charge is 0.455 e. The van der Waals surface area contributed by atoms with Gasteiger partial charge in [0.1, 0.15) is 16.4 Å². The Morgan fingerprint density at radius 2 is 1.48 bits per heavy atom. The van der Waals surface area contributed by atoms with Gasteiger partial charge in [0.15, 0.2) is 0 Å². The van der Waals surface area contributed by atoms with Crippen LogP contribution < -0.4 is 15.2 Å². The van der Waals surface area contributed by atoms with Crippen LogP contribution in [0.3, 0.4) is 0 Å². The normalized spacial score (nSPS) is 13.1. The minimum Gasteiger partial charge on any atom is -0.455 e. The van der Waals surface area contributed by atoms with E-state index < -0.39 is 30.0 Å². The number of aryl methyl sites for hydroxylation is 2. The zero-order chi connectivity index (χ0) is 30.4. The third-order valence-corrected chi connectivity index (χ3v) is 9.58. The van der Waals surface area contributed by atoms with Crippen LogP contribution >= 0.6 is 0 Å². The molecule has 4 aromatic rings. The van der Waals surface area contributed by atoms with Gasteiger partial charge in [-0.3, -0.25) is 9.11 Å². The van der Waals surface area contributed by atoms with E-state index in [4.69, 9.17) is 4.74 Å². The Bertz CT molecular complexity index is 2060. The lowest BCUT2D eigenvalue weighted by molar-refractivity contribution is 0.468. The summed E-state index contributed by atoms with van der Waals surface area (Å²) in [6.45, 7) is 10.7. The molecule has 0 amide bonds. The average molecular weight is 607 g/mol. The fraction of sp³-hybridized carbons (Fsp3) is 0.273. The third-order valence-electron chi connectivity index (χ3n) is 7.84. The molecule has 4 aromatic carbocycles. The van der Waals surface area contributed by atoms with Crippen molar-refractivity contribution in [3.05, 3.63) is 92.9 Å². The van der Waals surface area contributed by atoms with Crippen molar-refractivity contribution in [3.63, 3.8) is 0 Å². The maximum atomic E-state index is 12.7. The van der Waals surface area contributed by atoms with Crippen molar-refractivity contribution < 1.29 is 30.7 Å². The Labute approximate surface area is 246 Å². The van der Waals surface area contributed by atoms with Gasteiger partial charge in [-0.1, -0.05) is 69.2 Å². The summed E-state index contributed by atoms with van der Waals surface area (Å²) in [6.07, 6.45) is 5.23. The summed E-state index contributed by atoms with van der Waals surface area (Å²) in [5.41, 5.74) is 4.21. The first-order valence-electron chi connectivity index (χ1n) is 14.0. The highest BCUT2D eigenvalue weighted by molar-refractivity contribution is 7.86. The minimum atomic E-state index is -4.93. The molecule has 0 saturated heterocycles. The van der Waals surface area contributed by atoms with Crippen molar-refractivity contribution in [3.8, 4) is 11.5 Å². The molecule has 1 aliphatic heterocycles. The highest BCUT2D eigenvalue weighted by Gasteiger charge is 2.30. The van der Waals surface area contributed by atoms with Gasteiger partial charge in [0, 0.05) is 32.9 Å². The summed E-state index contributed by atoms with van der Waals surface area (Å²) in [6, 6.07) is 15.0. The van der Waals surface area contributed by atoms with Crippen LogP contribution in [0.2, 0.25) is 0 Å². The van der Waals surface area contributed by atoms with Gasteiger partial charge in [-0.15, -0.1) is 0 Å². The van der Waals surface area contributed by atoms with Crippen molar-refractivity contribution >= 4 is 43.2 Å². The smallest absolute Gasteiger partial charge is 0.295 e. The van der Waals surface area contributed by atoms with E-state index in [0.29, 0.717) is 34.3 Å². The lowest BCUT2D eigenvalue weighted by atomic mass is 9.87. The summed E-state index contributed by atoms with van der Waals surface area (Å²) in [7, 11) is -9.67. The number of unbranched alkanes of at least 4 members (excludes halogenated alkanes) is 2. The topological polar surface area (TPSA) is 118 Å². The maximum absolute atomic E-state index is 12.7. The molecule has 0 fully saturated rings.